The summed E-state index contributed by atoms with van der Waals surface area (Å²) in [7, 11) is 0. The standard InChI is InChI=1S/C10H15N3/c1-6(7-2-3-7)9-11-10(13-12-9)8-4-5-8/h6-8H,2-5H2,1H3,(H,11,12,13). The zero-order valence-corrected chi connectivity index (χ0v) is 7.95. The first kappa shape index (κ1) is 7.54. The van der Waals surface area contributed by atoms with E-state index in [9.17, 15) is 0 Å². The van der Waals surface area contributed by atoms with Crippen molar-refractivity contribution in [1.82, 2.24) is 15.2 Å². The first-order valence-corrected chi connectivity index (χ1v) is 5.27. The maximum atomic E-state index is 4.57. The maximum absolute atomic E-state index is 4.57. The van der Waals surface area contributed by atoms with Gasteiger partial charge in [0.25, 0.3) is 0 Å². The van der Waals surface area contributed by atoms with Crippen LogP contribution in [0.3, 0.4) is 0 Å². The predicted molar refractivity (Wildman–Crippen MR) is 49.5 cm³/mol. The summed E-state index contributed by atoms with van der Waals surface area (Å²) in [6.45, 7) is 2.25. The van der Waals surface area contributed by atoms with E-state index >= 15 is 0 Å². The van der Waals surface area contributed by atoms with Gasteiger partial charge in [0.05, 0.1) is 0 Å². The minimum absolute atomic E-state index is 0.573. The van der Waals surface area contributed by atoms with E-state index in [1.165, 1.54) is 25.7 Å². The minimum Gasteiger partial charge on any atom is -0.263 e. The van der Waals surface area contributed by atoms with Crippen LogP contribution in [0, 0.1) is 5.92 Å². The van der Waals surface area contributed by atoms with Crippen molar-refractivity contribution >= 4 is 0 Å². The highest BCUT2D eigenvalue weighted by Gasteiger charge is 2.33. The zero-order valence-electron chi connectivity index (χ0n) is 7.95. The van der Waals surface area contributed by atoms with Crippen molar-refractivity contribution in [2.24, 2.45) is 5.92 Å². The van der Waals surface area contributed by atoms with Gasteiger partial charge in [-0.05, 0) is 31.6 Å². The van der Waals surface area contributed by atoms with Crippen molar-refractivity contribution in [2.75, 3.05) is 0 Å². The van der Waals surface area contributed by atoms with Gasteiger partial charge in [0.1, 0.15) is 5.82 Å². The summed E-state index contributed by atoms with van der Waals surface area (Å²) in [5, 5.41) is 7.37. The van der Waals surface area contributed by atoms with Gasteiger partial charge in [-0.15, -0.1) is 0 Å². The molecule has 0 spiro atoms. The molecule has 2 fully saturated rings. The number of hydrogen-bond acceptors (Lipinski definition) is 2. The first-order chi connectivity index (χ1) is 6.34. The highest BCUT2D eigenvalue weighted by Crippen LogP contribution is 2.42. The van der Waals surface area contributed by atoms with Crippen molar-refractivity contribution in [3.63, 3.8) is 0 Å². The molecule has 1 heterocycles. The Hall–Kier alpha value is -0.860. The molecular formula is C10H15N3. The van der Waals surface area contributed by atoms with E-state index in [2.05, 4.69) is 22.1 Å². The van der Waals surface area contributed by atoms with Gasteiger partial charge in [-0.3, -0.25) is 5.10 Å². The number of nitrogens with one attached hydrogen (secondary N) is 1. The molecule has 1 aromatic rings. The Morgan fingerprint density at radius 2 is 2.08 bits per heavy atom. The van der Waals surface area contributed by atoms with Crippen LogP contribution in [-0.2, 0) is 0 Å². The summed E-state index contributed by atoms with van der Waals surface area (Å²) in [6, 6.07) is 0. The van der Waals surface area contributed by atoms with E-state index in [0.717, 1.165) is 17.6 Å². The van der Waals surface area contributed by atoms with Gasteiger partial charge in [-0.1, -0.05) is 6.92 Å². The highest BCUT2D eigenvalue weighted by molar-refractivity contribution is 5.08. The molecule has 3 heteroatoms. The zero-order chi connectivity index (χ0) is 8.84. The molecule has 0 aromatic carbocycles. The van der Waals surface area contributed by atoms with Crippen molar-refractivity contribution in [1.29, 1.82) is 0 Å². The number of nitrogens with zero attached hydrogens (tertiary/aromatic N) is 2. The monoisotopic (exact) mass is 177 g/mol. The fraction of sp³-hybridized carbons (Fsp3) is 0.800. The largest absolute Gasteiger partial charge is 0.263 e. The smallest absolute Gasteiger partial charge is 0.153 e. The predicted octanol–water partition coefficient (Wildman–Crippen LogP) is 2.20. The number of aromatic nitrogens is 3. The molecule has 2 aliphatic carbocycles. The molecule has 1 atom stereocenters. The minimum atomic E-state index is 0.573. The van der Waals surface area contributed by atoms with Crippen LogP contribution in [-0.4, -0.2) is 15.2 Å². The second-order valence-corrected chi connectivity index (χ2v) is 4.48. The molecule has 0 amide bonds. The summed E-state index contributed by atoms with van der Waals surface area (Å²) in [5.74, 6) is 4.31. The summed E-state index contributed by atoms with van der Waals surface area (Å²) in [4.78, 5) is 4.57. The Labute approximate surface area is 78.0 Å². The number of rotatable bonds is 3. The van der Waals surface area contributed by atoms with Gasteiger partial charge in [0, 0.05) is 11.8 Å². The fourth-order valence-electron chi connectivity index (χ4n) is 1.84. The normalized spacial score (nSPS) is 24.7. The van der Waals surface area contributed by atoms with E-state index < -0.39 is 0 Å². The molecule has 2 saturated carbocycles. The van der Waals surface area contributed by atoms with Gasteiger partial charge in [-0.25, -0.2) is 4.98 Å². The molecule has 13 heavy (non-hydrogen) atoms. The van der Waals surface area contributed by atoms with Crippen LogP contribution in [0.2, 0.25) is 0 Å². The van der Waals surface area contributed by atoms with Crippen LogP contribution < -0.4 is 0 Å². The molecule has 3 nitrogen and oxygen atoms in total. The van der Waals surface area contributed by atoms with Crippen LogP contribution in [0.4, 0.5) is 0 Å². The Balaban J connectivity index is 1.79. The summed E-state index contributed by atoms with van der Waals surface area (Å²) in [5.41, 5.74) is 0. The van der Waals surface area contributed by atoms with Crippen LogP contribution in [0.1, 0.15) is 56.1 Å². The number of aromatic amines is 1. The molecule has 2 aliphatic rings. The lowest BCUT2D eigenvalue weighted by atomic mass is 10.1. The third-order valence-corrected chi connectivity index (χ3v) is 3.22. The second-order valence-electron chi connectivity index (χ2n) is 4.48. The van der Waals surface area contributed by atoms with Crippen LogP contribution in [0.25, 0.3) is 0 Å². The van der Waals surface area contributed by atoms with E-state index in [-0.39, 0.29) is 0 Å². The molecule has 0 aliphatic heterocycles. The molecule has 70 valence electrons. The van der Waals surface area contributed by atoms with Gasteiger partial charge >= 0.3 is 0 Å². The quantitative estimate of drug-likeness (QED) is 0.769. The average Bonchev–Trinajstić information content (AvgIpc) is 3.02. The first-order valence-electron chi connectivity index (χ1n) is 5.27. The van der Waals surface area contributed by atoms with Gasteiger partial charge in [0.2, 0.25) is 0 Å². The van der Waals surface area contributed by atoms with Crippen molar-refractivity contribution in [3.05, 3.63) is 11.6 Å². The average molecular weight is 177 g/mol. The lowest BCUT2D eigenvalue weighted by Crippen LogP contribution is -1.98. The Kier molecular flexibility index (Phi) is 1.49. The third kappa shape index (κ3) is 1.36. The van der Waals surface area contributed by atoms with E-state index in [4.69, 9.17) is 0 Å². The number of H-pyrrole nitrogens is 1. The van der Waals surface area contributed by atoms with Crippen LogP contribution >= 0.6 is 0 Å². The Bertz CT molecular complexity index is 310. The topological polar surface area (TPSA) is 41.6 Å². The van der Waals surface area contributed by atoms with E-state index in [0.29, 0.717) is 11.8 Å². The molecule has 1 aromatic heterocycles. The van der Waals surface area contributed by atoms with E-state index in [1.54, 1.807) is 0 Å². The summed E-state index contributed by atoms with van der Waals surface area (Å²) in [6.07, 6.45) is 5.34. The molecule has 3 rings (SSSR count). The molecule has 1 unspecified atom stereocenters. The SMILES string of the molecule is CC(c1n[nH]c(C2CC2)n1)C1CC1. The maximum Gasteiger partial charge on any atom is 0.153 e. The Morgan fingerprint density at radius 1 is 1.31 bits per heavy atom. The van der Waals surface area contributed by atoms with Gasteiger partial charge in [0.15, 0.2) is 5.82 Å². The molecular weight excluding hydrogens is 162 g/mol. The van der Waals surface area contributed by atoms with Gasteiger partial charge < -0.3 is 0 Å². The van der Waals surface area contributed by atoms with Crippen molar-refractivity contribution < 1.29 is 0 Å². The third-order valence-electron chi connectivity index (χ3n) is 3.22. The van der Waals surface area contributed by atoms with Gasteiger partial charge in [-0.2, -0.15) is 5.10 Å². The van der Waals surface area contributed by atoms with Crippen molar-refractivity contribution in [2.45, 2.75) is 44.4 Å². The summed E-state index contributed by atoms with van der Waals surface area (Å²) >= 11 is 0. The molecule has 0 bridgehead atoms. The fourth-order valence-corrected chi connectivity index (χ4v) is 1.84. The van der Waals surface area contributed by atoms with E-state index in [1.807, 2.05) is 0 Å². The lowest BCUT2D eigenvalue weighted by Gasteiger charge is -2.02. The van der Waals surface area contributed by atoms with Crippen LogP contribution in [0.15, 0.2) is 0 Å². The Morgan fingerprint density at radius 3 is 2.69 bits per heavy atom. The molecule has 1 N–H and O–H groups in total. The molecule has 0 radical (unpaired) electrons. The summed E-state index contributed by atoms with van der Waals surface area (Å²) < 4.78 is 0. The molecule has 0 saturated heterocycles. The second kappa shape index (κ2) is 2.56. The highest BCUT2D eigenvalue weighted by atomic mass is 15.2. The number of hydrogen-bond donors (Lipinski definition) is 1. The van der Waals surface area contributed by atoms with Crippen molar-refractivity contribution in [3.8, 4) is 0 Å². The van der Waals surface area contributed by atoms with Crippen LogP contribution in [0.5, 0.6) is 0 Å². The lowest BCUT2D eigenvalue weighted by molar-refractivity contribution is 0.623.